The first-order valence-corrected chi connectivity index (χ1v) is 6.81. The highest BCUT2D eigenvalue weighted by Gasteiger charge is 2.15. The summed E-state index contributed by atoms with van der Waals surface area (Å²) in [6.07, 6.45) is 6.37. The molecule has 18 heavy (non-hydrogen) atoms. The molecule has 102 valence electrons. The average Bonchev–Trinajstić information content (AvgIpc) is 2.78. The summed E-state index contributed by atoms with van der Waals surface area (Å²) in [4.78, 5) is 4.85. The number of aryl methyl sites for hydroxylation is 2. The second-order valence-electron chi connectivity index (χ2n) is 5.03. The Balaban J connectivity index is 1.60. The standard InChI is InChI=1S/C13H24N4O/c1-15-12-13(11-14-15)3-2-4-16-5-7-17(8-6-16)9-10-18/h11-12,18H,2-10H2,1H3. The van der Waals surface area contributed by atoms with Gasteiger partial charge in [0.1, 0.15) is 0 Å². The van der Waals surface area contributed by atoms with Crippen LogP contribution in [-0.4, -0.2) is 70.6 Å². The number of aliphatic hydroxyl groups is 1. The molecule has 0 saturated carbocycles. The van der Waals surface area contributed by atoms with Gasteiger partial charge in [0.25, 0.3) is 0 Å². The van der Waals surface area contributed by atoms with Gasteiger partial charge in [-0.1, -0.05) is 0 Å². The normalized spacial score (nSPS) is 18.3. The summed E-state index contributed by atoms with van der Waals surface area (Å²) in [6, 6.07) is 0. The van der Waals surface area contributed by atoms with Gasteiger partial charge in [-0.05, 0) is 24.9 Å². The maximum Gasteiger partial charge on any atom is 0.0558 e. The van der Waals surface area contributed by atoms with E-state index < -0.39 is 0 Å². The lowest BCUT2D eigenvalue weighted by atomic mass is 10.2. The maximum absolute atomic E-state index is 8.89. The quantitative estimate of drug-likeness (QED) is 0.772. The van der Waals surface area contributed by atoms with Crippen molar-refractivity contribution in [1.29, 1.82) is 0 Å². The summed E-state index contributed by atoms with van der Waals surface area (Å²) >= 11 is 0. The van der Waals surface area contributed by atoms with Crippen LogP contribution in [0.15, 0.2) is 12.4 Å². The molecule has 1 aliphatic heterocycles. The van der Waals surface area contributed by atoms with Crippen molar-refractivity contribution < 1.29 is 5.11 Å². The van der Waals surface area contributed by atoms with E-state index in [9.17, 15) is 0 Å². The van der Waals surface area contributed by atoms with Crippen molar-refractivity contribution in [2.45, 2.75) is 12.8 Å². The first-order chi connectivity index (χ1) is 8.78. The Morgan fingerprint density at radius 3 is 2.39 bits per heavy atom. The predicted octanol–water partition coefficient (Wildman–Crippen LogP) is -0.0374. The van der Waals surface area contributed by atoms with E-state index in [0.717, 1.165) is 39.1 Å². The van der Waals surface area contributed by atoms with Crippen LogP contribution in [0.5, 0.6) is 0 Å². The third-order valence-electron chi connectivity index (χ3n) is 3.58. The Kier molecular flexibility index (Phi) is 5.16. The minimum absolute atomic E-state index is 0.279. The second kappa shape index (κ2) is 6.87. The number of rotatable bonds is 6. The molecular formula is C13H24N4O. The number of aromatic nitrogens is 2. The Bertz CT molecular complexity index is 345. The Morgan fingerprint density at radius 2 is 1.83 bits per heavy atom. The van der Waals surface area contributed by atoms with Gasteiger partial charge in [-0.3, -0.25) is 9.58 Å². The maximum atomic E-state index is 8.89. The molecule has 5 heteroatoms. The van der Waals surface area contributed by atoms with Crippen LogP contribution in [-0.2, 0) is 13.5 Å². The molecule has 0 aliphatic carbocycles. The largest absolute Gasteiger partial charge is 0.395 e. The van der Waals surface area contributed by atoms with Gasteiger partial charge in [-0.2, -0.15) is 5.10 Å². The molecule has 0 spiro atoms. The highest BCUT2D eigenvalue weighted by Crippen LogP contribution is 2.05. The van der Waals surface area contributed by atoms with Crippen molar-refractivity contribution in [2.24, 2.45) is 7.05 Å². The summed E-state index contributed by atoms with van der Waals surface area (Å²) in [6.45, 7) is 6.72. The average molecular weight is 252 g/mol. The van der Waals surface area contributed by atoms with Gasteiger partial charge < -0.3 is 10.0 Å². The molecule has 1 N–H and O–H groups in total. The zero-order valence-electron chi connectivity index (χ0n) is 11.3. The second-order valence-corrected chi connectivity index (χ2v) is 5.03. The van der Waals surface area contributed by atoms with E-state index in [2.05, 4.69) is 21.1 Å². The van der Waals surface area contributed by atoms with Crippen LogP contribution < -0.4 is 0 Å². The van der Waals surface area contributed by atoms with E-state index in [0.29, 0.717) is 0 Å². The lowest BCUT2D eigenvalue weighted by Gasteiger charge is -2.34. The number of piperazine rings is 1. The molecule has 1 saturated heterocycles. The fourth-order valence-electron chi connectivity index (χ4n) is 2.49. The van der Waals surface area contributed by atoms with Crippen LogP contribution in [0.1, 0.15) is 12.0 Å². The topological polar surface area (TPSA) is 44.5 Å². The first-order valence-electron chi connectivity index (χ1n) is 6.81. The molecule has 1 aromatic heterocycles. The smallest absolute Gasteiger partial charge is 0.0558 e. The number of nitrogens with zero attached hydrogens (tertiary/aromatic N) is 4. The number of hydrogen-bond donors (Lipinski definition) is 1. The third kappa shape index (κ3) is 4.08. The van der Waals surface area contributed by atoms with E-state index in [-0.39, 0.29) is 6.61 Å². The molecule has 1 aromatic rings. The van der Waals surface area contributed by atoms with E-state index >= 15 is 0 Å². The molecule has 0 bridgehead atoms. The predicted molar refractivity (Wildman–Crippen MR) is 71.5 cm³/mol. The molecule has 1 fully saturated rings. The molecular weight excluding hydrogens is 228 g/mol. The Morgan fingerprint density at radius 1 is 1.17 bits per heavy atom. The van der Waals surface area contributed by atoms with Crippen LogP contribution in [0, 0.1) is 0 Å². The lowest BCUT2D eigenvalue weighted by Crippen LogP contribution is -2.47. The molecule has 2 heterocycles. The fourth-order valence-corrected chi connectivity index (χ4v) is 2.49. The van der Waals surface area contributed by atoms with Crippen molar-refractivity contribution in [1.82, 2.24) is 19.6 Å². The van der Waals surface area contributed by atoms with Crippen molar-refractivity contribution in [2.75, 3.05) is 45.9 Å². The number of hydrogen-bond acceptors (Lipinski definition) is 4. The highest BCUT2D eigenvalue weighted by atomic mass is 16.3. The molecule has 0 aromatic carbocycles. The van der Waals surface area contributed by atoms with Crippen molar-refractivity contribution in [3.8, 4) is 0 Å². The summed E-state index contributed by atoms with van der Waals surface area (Å²) in [5.74, 6) is 0. The molecule has 2 rings (SSSR count). The molecule has 0 atom stereocenters. The van der Waals surface area contributed by atoms with Crippen molar-refractivity contribution in [3.05, 3.63) is 18.0 Å². The Labute approximate surface area is 109 Å². The van der Waals surface area contributed by atoms with Gasteiger partial charge in [0.15, 0.2) is 0 Å². The molecule has 0 unspecified atom stereocenters. The van der Waals surface area contributed by atoms with Gasteiger partial charge in [-0.15, -0.1) is 0 Å². The molecule has 0 radical (unpaired) electrons. The van der Waals surface area contributed by atoms with Gasteiger partial charge >= 0.3 is 0 Å². The first kappa shape index (κ1) is 13.5. The van der Waals surface area contributed by atoms with Gasteiger partial charge in [-0.25, -0.2) is 0 Å². The van der Waals surface area contributed by atoms with Gasteiger partial charge in [0.05, 0.1) is 12.8 Å². The lowest BCUT2D eigenvalue weighted by molar-refractivity contribution is 0.112. The molecule has 0 amide bonds. The van der Waals surface area contributed by atoms with Gasteiger partial charge in [0.2, 0.25) is 0 Å². The zero-order chi connectivity index (χ0) is 12.8. The van der Waals surface area contributed by atoms with E-state index in [1.165, 1.54) is 18.5 Å². The van der Waals surface area contributed by atoms with Crippen LogP contribution in [0.4, 0.5) is 0 Å². The van der Waals surface area contributed by atoms with Crippen molar-refractivity contribution in [3.63, 3.8) is 0 Å². The molecule has 1 aliphatic rings. The number of aliphatic hydroxyl groups excluding tert-OH is 1. The molecule has 5 nitrogen and oxygen atoms in total. The summed E-state index contributed by atoms with van der Waals surface area (Å²) < 4.78 is 1.86. The summed E-state index contributed by atoms with van der Waals surface area (Å²) in [5.41, 5.74) is 1.33. The van der Waals surface area contributed by atoms with Crippen LogP contribution in [0.2, 0.25) is 0 Å². The summed E-state index contributed by atoms with van der Waals surface area (Å²) in [7, 11) is 1.96. The summed E-state index contributed by atoms with van der Waals surface area (Å²) in [5, 5.41) is 13.1. The SMILES string of the molecule is Cn1cc(CCCN2CCN(CCO)CC2)cn1. The minimum atomic E-state index is 0.279. The van der Waals surface area contributed by atoms with E-state index in [1.54, 1.807) is 0 Å². The zero-order valence-corrected chi connectivity index (χ0v) is 11.3. The highest BCUT2D eigenvalue weighted by molar-refractivity contribution is 5.03. The Hall–Kier alpha value is -0.910. The van der Waals surface area contributed by atoms with E-state index in [1.807, 2.05) is 17.9 Å². The third-order valence-corrected chi connectivity index (χ3v) is 3.58. The van der Waals surface area contributed by atoms with Crippen LogP contribution >= 0.6 is 0 Å². The monoisotopic (exact) mass is 252 g/mol. The van der Waals surface area contributed by atoms with Crippen LogP contribution in [0.3, 0.4) is 0 Å². The number of β-amino-alcohol motifs (C(OH)–C–C–N with tert-alkyl or cyclic N) is 1. The minimum Gasteiger partial charge on any atom is -0.395 e. The fraction of sp³-hybridized carbons (Fsp3) is 0.769. The van der Waals surface area contributed by atoms with Crippen molar-refractivity contribution >= 4 is 0 Å². The van der Waals surface area contributed by atoms with E-state index in [4.69, 9.17) is 5.11 Å². The van der Waals surface area contributed by atoms with Crippen LogP contribution in [0.25, 0.3) is 0 Å². The van der Waals surface area contributed by atoms with Gasteiger partial charge in [0, 0.05) is 46.0 Å².